The zero-order chi connectivity index (χ0) is 18.7. The van der Waals surface area contributed by atoms with Crippen LogP contribution in [0.5, 0.6) is 0 Å². The van der Waals surface area contributed by atoms with Crippen LogP contribution in [-0.2, 0) is 23.6 Å². The number of nitrogens with zero attached hydrogens (tertiary/aromatic N) is 2. The molecule has 2 aromatic carbocycles. The highest BCUT2D eigenvalue weighted by Crippen LogP contribution is 2.23. The maximum atomic E-state index is 13.1. The molecule has 3 rings (SSSR count). The fourth-order valence-electron chi connectivity index (χ4n) is 2.76. The molecule has 0 aliphatic carbocycles. The largest absolute Gasteiger partial charge is 0.419 e. The normalized spacial score (nSPS) is 12.1. The number of fused-ring (bicyclic) bond motifs is 1. The summed E-state index contributed by atoms with van der Waals surface area (Å²) in [5, 5.41) is 0. The Kier molecular flexibility index (Phi) is 5.26. The summed E-state index contributed by atoms with van der Waals surface area (Å²) in [6.07, 6.45) is 0.550. The molecule has 138 valence electrons. The van der Waals surface area contributed by atoms with Crippen molar-refractivity contribution in [3.63, 3.8) is 0 Å². The molecule has 1 aromatic heterocycles. The van der Waals surface area contributed by atoms with Crippen LogP contribution in [0.3, 0.4) is 0 Å². The minimum atomic E-state index is -3.76. The summed E-state index contributed by atoms with van der Waals surface area (Å²) in [5.74, 6) is -0.529. The number of rotatable bonds is 7. The molecule has 0 atom stereocenters. The smallest absolute Gasteiger partial charge is 0.408 e. The van der Waals surface area contributed by atoms with Crippen LogP contribution in [0, 0.1) is 0 Å². The molecule has 0 saturated heterocycles. The van der Waals surface area contributed by atoms with Crippen molar-refractivity contribution in [1.29, 1.82) is 0 Å². The highest BCUT2D eigenvalue weighted by molar-refractivity contribution is 7.89. The van der Waals surface area contributed by atoms with Gasteiger partial charge < -0.3 is 10.2 Å². The standard InChI is InChI=1S/C18H21N3O4S/c1-20-16-9-8-15(12-17(16)25-18(20)22)26(23,24)21(11-5-10-19)13-14-6-3-2-4-7-14/h2-4,6-9,12H,5,10-11,13,19H2,1H3. The molecule has 0 aliphatic rings. The van der Waals surface area contributed by atoms with Gasteiger partial charge in [-0.2, -0.15) is 4.31 Å². The van der Waals surface area contributed by atoms with E-state index in [1.807, 2.05) is 30.3 Å². The van der Waals surface area contributed by atoms with E-state index in [-0.39, 0.29) is 17.0 Å². The summed E-state index contributed by atoms with van der Waals surface area (Å²) >= 11 is 0. The van der Waals surface area contributed by atoms with Crippen LogP contribution in [0.4, 0.5) is 0 Å². The van der Waals surface area contributed by atoms with Crippen molar-refractivity contribution in [3.05, 3.63) is 64.6 Å². The van der Waals surface area contributed by atoms with Crippen molar-refractivity contribution in [1.82, 2.24) is 8.87 Å². The van der Waals surface area contributed by atoms with Gasteiger partial charge in [0.05, 0.1) is 10.4 Å². The number of benzene rings is 2. The van der Waals surface area contributed by atoms with Crippen molar-refractivity contribution >= 4 is 21.1 Å². The lowest BCUT2D eigenvalue weighted by atomic mass is 10.2. The fraction of sp³-hybridized carbons (Fsp3) is 0.278. The molecule has 8 heteroatoms. The van der Waals surface area contributed by atoms with Gasteiger partial charge in [-0.05, 0) is 30.7 Å². The highest BCUT2D eigenvalue weighted by atomic mass is 32.2. The lowest BCUT2D eigenvalue weighted by Gasteiger charge is -2.22. The van der Waals surface area contributed by atoms with Gasteiger partial charge in [0.25, 0.3) is 0 Å². The van der Waals surface area contributed by atoms with Crippen LogP contribution in [0.1, 0.15) is 12.0 Å². The van der Waals surface area contributed by atoms with E-state index in [2.05, 4.69) is 0 Å². The first kappa shape index (κ1) is 18.4. The van der Waals surface area contributed by atoms with Crippen molar-refractivity contribution in [2.45, 2.75) is 17.9 Å². The number of sulfonamides is 1. The lowest BCUT2D eigenvalue weighted by molar-refractivity contribution is 0.401. The monoisotopic (exact) mass is 375 g/mol. The maximum Gasteiger partial charge on any atom is 0.419 e. The third-order valence-electron chi connectivity index (χ3n) is 4.21. The molecule has 0 saturated carbocycles. The molecular formula is C18H21N3O4S. The van der Waals surface area contributed by atoms with Gasteiger partial charge in [0, 0.05) is 26.2 Å². The van der Waals surface area contributed by atoms with Crippen LogP contribution in [-0.4, -0.2) is 30.4 Å². The van der Waals surface area contributed by atoms with Gasteiger partial charge in [-0.1, -0.05) is 30.3 Å². The molecule has 0 bridgehead atoms. The second-order valence-corrected chi connectivity index (χ2v) is 7.96. The Bertz CT molecular complexity index is 1050. The van der Waals surface area contributed by atoms with Gasteiger partial charge in [0.1, 0.15) is 0 Å². The Hall–Kier alpha value is -2.42. The van der Waals surface area contributed by atoms with E-state index in [9.17, 15) is 13.2 Å². The molecule has 0 aliphatic heterocycles. The molecular weight excluding hydrogens is 354 g/mol. The van der Waals surface area contributed by atoms with Crippen molar-refractivity contribution < 1.29 is 12.8 Å². The Morgan fingerprint density at radius 1 is 1.15 bits per heavy atom. The van der Waals surface area contributed by atoms with Crippen molar-refractivity contribution in [2.75, 3.05) is 13.1 Å². The third kappa shape index (κ3) is 3.57. The summed E-state index contributed by atoms with van der Waals surface area (Å²) in [5.41, 5.74) is 7.26. The van der Waals surface area contributed by atoms with Crippen LogP contribution in [0.2, 0.25) is 0 Å². The molecule has 3 aromatic rings. The molecule has 7 nitrogen and oxygen atoms in total. The summed E-state index contributed by atoms with van der Waals surface area (Å²) in [4.78, 5) is 11.7. The Morgan fingerprint density at radius 3 is 2.58 bits per heavy atom. The summed E-state index contributed by atoms with van der Waals surface area (Å²) in [6, 6.07) is 13.8. The SMILES string of the molecule is Cn1c(=O)oc2cc(S(=O)(=O)N(CCCN)Cc3ccccc3)ccc21. The first-order valence-corrected chi connectivity index (χ1v) is 9.71. The van der Waals surface area contributed by atoms with E-state index in [1.54, 1.807) is 13.1 Å². The van der Waals surface area contributed by atoms with Gasteiger partial charge in [-0.3, -0.25) is 4.57 Å². The topological polar surface area (TPSA) is 98.5 Å². The number of hydrogen-bond donors (Lipinski definition) is 1. The Balaban J connectivity index is 1.99. The third-order valence-corrected chi connectivity index (χ3v) is 6.06. The van der Waals surface area contributed by atoms with Gasteiger partial charge in [0.15, 0.2) is 5.58 Å². The molecule has 0 unspecified atom stereocenters. The average molecular weight is 375 g/mol. The second-order valence-electron chi connectivity index (χ2n) is 6.02. The number of hydrogen-bond acceptors (Lipinski definition) is 5. The van der Waals surface area contributed by atoms with Crippen LogP contribution < -0.4 is 11.5 Å². The van der Waals surface area contributed by atoms with Crippen LogP contribution in [0.15, 0.2) is 62.6 Å². The van der Waals surface area contributed by atoms with Gasteiger partial charge in [-0.25, -0.2) is 13.2 Å². The number of oxazole rings is 1. The minimum absolute atomic E-state index is 0.0901. The Morgan fingerprint density at radius 2 is 1.88 bits per heavy atom. The molecule has 0 spiro atoms. The lowest BCUT2D eigenvalue weighted by Crippen LogP contribution is -2.32. The maximum absolute atomic E-state index is 13.1. The number of nitrogens with two attached hydrogens (primary N) is 1. The van der Waals surface area contributed by atoms with Gasteiger partial charge >= 0.3 is 5.76 Å². The van der Waals surface area contributed by atoms with Gasteiger partial charge in [-0.15, -0.1) is 0 Å². The van der Waals surface area contributed by atoms with Crippen molar-refractivity contribution in [2.24, 2.45) is 12.8 Å². The molecule has 0 fully saturated rings. The van der Waals surface area contributed by atoms with E-state index in [1.165, 1.54) is 21.0 Å². The summed E-state index contributed by atoms with van der Waals surface area (Å²) in [6.45, 7) is 0.956. The first-order valence-electron chi connectivity index (χ1n) is 8.27. The number of aromatic nitrogens is 1. The predicted molar refractivity (Wildman–Crippen MR) is 99.2 cm³/mol. The van der Waals surface area contributed by atoms with Gasteiger partial charge in [0.2, 0.25) is 10.0 Å². The molecule has 0 radical (unpaired) electrons. The average Bonchev–Trinajstić information content (AvgIpc) is 2.93. The first-order chi connectivity index (χ1) is 12.4. The molecule has 2 N–H and O–H groups in total. The zero-order valence-corrected chi connectivity index (χ0v) is 15.3. The fourth-order valence-corrected chi connectivity index (χ4v) is 4.25. The summed E-state index contributed by atoms with van der Waals surface area (Å²) < 4.78 is 34.1. The highest BCUT2D eigenvalue weighted by Gasteiger charge is 2.25. The van der Waals surface area contributed by atoms with E-state index in [0.29, 0.717) is 25.0 Å². The minimum Gasteiger partial charge on any atom is -0.408 e. The van der Waals surface area contributed by atoms with Crippen molar-refractivity contribution in [3.8, 4) is 0 Å². The Labute approximate surface area is 151 Å². The van der Waals surface area contributed by atoms with Crippen LogP contribution in [0.25, 0.3) is 11.1 Å². The zero-order valence-electron chi connectivity index (χ0n) is 14.5. The van der Waals surface area contributed by atoms with E-state index >= 15 is 0 Å². The molecule has 26 heavy (non-hydrogen) atoms. The molecule has 1 heterocycles. The van der Waals surface area contributed by atoms with Crippen LogP contribution >= 0.6 is 0 Å². The van der Waals surface area contributed by atoms with E-state index < -0.39 is 15.8 Å². The van der Waals surface area contributed by atoms with E-state index in [4.69, 9.17) is 10.2 Å². The number of aryl methyl sites for hydroxylation is 1. The second kappa shape index (κ2) is 7.45. The quantitative estimate of drug-likeness (QED) is 0.677. The predicted octanol–water partition coefficient (Wildman–Crippen LogP) is 1.67. The molecule has 0 amide bonds. The summed E-state index contributed by atoms with van der Waals surface area (Å²) in [7, 11) is -2.19. The van der Waals surface area contributed by atoms with E-state index in [0.717, 1.165) is 5.56 Å².